The van der Waals surface area contributed by atoms with Crippen LogP contribution >= 0.6 is 22.9 Å². The van der Waals surface area contributed by atoms with Crippen molar-refractivity contribution in [1.29, 1.82) is 0 Å². The van der Waals surface area contributed by atoms with Crippen LogP contribution < -0.4 is 0 Å². The number of aryl methyl sites for hydroxylation is 1. The van der Waals surface area contributed by atoms with E-state index in [-0.39, 0.29) is 29.8 Å². The van der Waals surface area contributed by atoms with Crippen LogP contribution in [0.1, 0.15) is 48.4 Å². The van der Waals surface area contributed by atoms with Crippen molar-refractivity contribution in [2.75, 3.05) is 38.6 Å². The van der Waals surface area contributed by atoms with E-state index in [0.717, 1.165) is 13.0 Å². The standard InChI is InChI=1S/C26H34ClN3O2S/c1-18-7-5-6-8-20(18)24-21-10-14-33-22(21)9-11-29(24)16-23(31)28-12-13-30(19(2)15-28)25(32)26(3,4)17-27/h5-8,10,14,19,24H,9,11-13,15-17H2,1-4H3. The second kappa shape index (κ2) is 9.77. The molecule has 3 heterocycles. The van der Waals surface area contributed by atoms with Crippen molar-refractivity contribution >= 4 is 34.8 Å². The number of alkyl halides is 1. The lowest BCUT2D eigenvalue weighted by atomic mass is 9.90. The van der Waals surface area contributed by atoms with Gasteiger partial charge in [-0.3, -0.25) is 14.5 Å². The molecular formula is C26H34ClN3O2S. The number of amides is 2. The van der Waals surface area contributed by atoms with Gasteiger partial charge in [0, 0.05) is 43.0 Å². The molecule has 2 aliphatic heterocycles. The Labute approximate surface area is 206 Å². The number of hydrogen-bond acceptors (Lipinski definition) is 4. The lowest BCUT2D eigenvalue weighted by molar-refractivity contribution is -0.148. The fraction of sp³-hybridized carbons (Fsp3) is 0.538. The number of fused-ring (bicyclic) bond motifs is 1. The summed E-state index contributed by atoms with van der Waals surface area (Å²) < 4.78 is 0. The van der Waals surface area contributed by atoms with Gasteiger partial charge in [0.25, 0.3) is 0 Å². The maximum Gasteiger partial charge on any atom is 0.236 e. The van der Waals surface area contributed by atoms with Crippen molar-refractivity contribution < 1.29 is 9.59 Å². The zero-order chi connectivity index (χ0) is 23.8. The van der Waals surface area contributed by atoms with Crippen LogP contribution in [0.25, 0.3) is 0 Å². The first-order valence-electron chi connectivity index (χ1n) is 11.7. The third-order valence-corrected chi connectivity index (χ3v) is 8.71. The van der Waals surface area contributed by atoms with Gasteiger partial charge in [0.15, 0.2) is 0 Å². The highest BCUT2D eigenvalue weighted by Gasteiger charge is 2.38. The zero-order valence-electron chi connectivity index (χ0n) is 20.0. The van der Waals surface area contributed by atoms with E-state index in [0.29, 0.717) is 26.2 Å². The molecule has 0 bridgehead atoms. The minimum Gasteiger partial charge on any atom is -0.338 e. The Morgan fingerprint density at radius 3 is 2.58 bits per heavy atom. The summed E-state index contributed by atoms with van der Waals surface area (Å²) in [6.45, 7) is 10.9. The second-order valence-corrected chi connectivity index (χ2v) is 11.3. The second-order valence-electron chi connectivity index (χ2n) is 9.98. The summed E-state index contributed by atoms with van der Waals surface area (Å²) in [5.74, 6) is 0.498. The van der Waals surface area contributed by atoms with Gasteiger partial charge in [0.2, 0.25) is 11.8 Å². The van der Waals surface area contributed by atoms with E-state index in [1.165, 1.54) is 21.6 Å². The van der Waals surface area contributed by atoms with Gasteiger partial charge in [0.05, 0.1) is 18.0 Å². The number of nitrogens with zero attached hydrogens (tertiary/aromatic N) is 3. The predicted octanol–water partition coefficient (Wildman–Crippen LogP) is 4.33. The third-order valence-electron chi connectivity index (χ3n) is 7.04. The number of carbonyl (C=O) groups is 2. The number of thiophene rings is 1. The zero-order valence-corrected chi connectivity index (χ0v) is 21.6. The van der Waals surface area contributed by atoms with E-state index in [1.54, 1.807) is 0 Å². The fourth-order valence-corrected chi connectivity index (χ4v) is 6.02. The van der Waals surface area contributed by atoms with Gasteiger partial charge in [0.1, 0.15) is 0 Å². The van der Waals surface area contributed by atoms with Crippen molar-refractivity contribution in [3.8, 4) is 0 Å². The summed E-state index contributed by atoms with van der Waals surface area (Å²) in [4.78, 5) is 33.9. The van der Waals surface area contributed by atoms with Crippen LogP contribution in [0.3, 0.4) is 0 Å². The molecule has 0 saturated carbocycles. The van der Waals surface area contributed by atoms with Gasteiger partial charge in [-0.25, -0.2) is 0 Å². The lowest BCUT2D eigenvalue weighted by Gasteiger charge is -2.44. The monoisotopic (exact) mass is 487 g/mol. The molecule has 0 aliphatic carbocycles. The van der Waals surface area contributed by atoms with Gasteiger partial charge in [-0.2, -0.15) is 0 Å². The van der Waals surface area contributed by atoms with Crippen LogP contribution in [0.4, 0.5) is 0 Å². The third kappa shape index (κ3) is 4.84. The Balaban J connectivity index is 1.48. The van der Waals surface area contributed by atoms with Gasteiger partial charge >= 0.3 is 0 Å². The maximum atomic E-state index is 13.4. The molecule has 0 radical (unpaired) electrons. The van der Waals surface area contributed by atoms with E-state index in [9.17, 15) is 9.59 Å². The SMILES string of the molecule is Cc1ccccc1C1c2ccsc2CCN1CC(=O)N1CCN(C(=O)C(C)(C)CCl)C(C)C1. The van der Waals surface area contributed by atoms with E-state index >= 15 is 0 Å². The Morgan fingerprint density at radius 1 is 1.12 bits per heavy atom. The molecule has 7 heteroatoms. The number of rotatable bonds is 5. The topological polar surface area (TPSA) is 43.9 Å². The van der Waals surface area contributed by atoms with Crippen molar-refractivity contribution in [3.05, 3.63) is 57.3 Å². The Morgan fingerprint density at radius 2 is 1.88 bits per heavy atom. The van der Waals surface area contributed by atoms with E-state index in [2.05, 4.69) is 47.5 Å². The normalized spacial score (nSPS) is 21.7. The summed E-state index contributed by atoms with van der Waals surface area (Å²) in [5, 5.41) is 2.17. The predicted molar refractivity (Wildman–Crippen MR) is 135 cm³/mol. The quantitative estimate of drug-likeness (QED) is 0.590. The number of halogens is 1. The number of hydrogen-bond donors (Lipinski definition) is 0. The van der Waals surface area contributed by atoms with E-state index < -0.39 is 5.41 Å². The molecule has 2 aliphatic rings. The van der Waals surface area contributed by atoms with Crippen LogP contribution in [0.5, 0.6) is 0 Å². The molecule has 2 unspecified atom stereocenters. The maximum absolute atomic E-state index is 13.4. The van der Waals surface area contributed by atoms with Crippen molar-refractivity contribution in [3.63, 3.8) is 0 Å². The first-order chi connectivity index (χ1) is 15.7. The van der Waals surface area contributed by atoms with Crippen molar-refractivity contribution in [2.45, 2.75) is 46.2 Å². The Hall–Kier alpha value is -1.89. The van der Waals surface area contributed by atoms with Gasteiger partial charge < -0.3 is 9.80 Å². The number of piperazine rings is 1. The van der Waals surface area contributed by atoms with E-state index in [1.807, 2.05) is 41.9 Å². The highest BCUT2D eigenvalue weighted by Crippen LogP contribution is 2.38. The van der Waals surface area contributed by atoms with Crippen molar-refractivity contribution in [2.24, 2.45) is 5.41 Å². The van der Waals surface area contributed by atoms with Crippen LogP contribution in [0.15, 0.2) is 35.7 Å². The largest absolute Gasteiger partial charge is 0.338 e. The highest BCUT2D eigenvalue weighted by atomic mass is 35.5. The van der Waals surface area contributed by atoms with Gasteiger partial charge in [-0.05, 0) is 62.3 Å². The lowest BCUT2D eigenvalue weighted by Crippen LogP contribution is -2.59. The molecule has 1 saturated heterocycles. The molecule has 1 aromatic carbocycles. The molecule has 4 rings (SSSR count). The summed E-state index contributed by atoms with van der Waals surface area (Å²) in [5.41, 5.74) is 3.27. The molecule has 2 atom stereocenters. The molecule has 2 amide bonds. The summed E-state index contributed by atoms with van der Waals surface area (Å²) in [7, 11) is 0. The van der Waals surface area contributed by atoms with Crippen LogP contribution in [-0.4, -0.2) is 71.2 Å². The van der Waals surface area contributed by atoms with Crippen molar-refractivity contribution in [1.82, 2.24) is 14.7 Å². The molecule has 0 N–H and O–H groups in total. The molecular weight excluding hydrogens is 454 g/mol. The van der Waals surface area contributed by atoms with Crippen LogP contribution in [0.2, 0.25) is 0 Å². The number of benzene rings is 1. The molecule has 0 spiro atoms. The Kier molecular flexibility index (Phi) is 7.18. The fourth-order valence-electron chi connectivity index (χ4n) is 5.00. The highest BCUT2D eigenvalue weighted by molar-refractivity contribution is 7.10. The molecule has 5 nitrogen and oxygen atoms in total. The molecule has 1 aromatic heterocycles. The van der Waals surface area contributed by atoms with Crippen LogP contribution in [0, 0.1) is 12.3 Å². The first-order valence-corrected chi connectivity index (χ1v) is 13.1. The average Bonchev–Trinajstić information content (AvgIpc) is 3.28. The summed E-state index contributed by atoms with van der Waals surface area (Å²) >= 11 is 7.85. The summed E-state index contributed by atoms with van der Waals surface area (Å²) in [6, 6.07) is 10.8. The molecule has 2 aromatic rings. The smallest absolute Gasteiger partial charge is 0.236 e. The first kappa shape index (κ1) is 24.2. The van der Waals surface area contributed by atoms with Gasteiger partial charge in [-0.1, -0.05) is 24.3 Å². The average molecular weight is 488 g/mol. The minimum atomic E-state index is -0.588. The molecule has 1 fully saturated rings. The van der Waals surface area contributed by atoms with Crippen LogP contribution in [-0.2, 0) is 16.0 Å². The van der Waals surface area contributed by atoms with Gasteiger partial charge in [-0.15, -0.1) is 22.9 Å². The van der Waals surface area contributed by atoms with E-state index in [4.69, 9.17) is 11.6 Å². The minimum absolute atomic E-state index is 0.0188. The Bertz CT molecular complexity index is 1020. The number of carbonyl (C=O) groups excluding carboxylic acids is 2. The summed E-state index contributed by atoms with van der Waals surface area (Å²) in [6.07, 6.45) is 0.981. The molecule has 33 heavy (non-hydrogen) atoms. The molecule has 178 valence electrons.